The van der Waals surface area contributed by atoms with Crippen molar-refractivity contribution in [2.24, 2.45) is 0 Å². The lowest BCUT2D eigenvalue weighted by molar-refractivity contribution is -0.384. The van der Waals surface area contributed by atoms with Gasteiger partial charge in [-0.2, -0.15) is 5.26 Å². The third kappa shape index (κ3) is 3.82. The van der Waals surface area contributed by atoms with Crippen molar-refractivity contribution in [3.63, 3.8) is 0 Å². The molecule has 6 heteroatoms. The molecule has 0 aliphatic carbocycles. The molecule has 0 saturated heterocycles. The van der Waals surface area contributed by atoms with Crippen LogP contribution in [-0.2, 0) is 0 Å². The van der Waals surface area contributed by atoms with Crippen LogP contribution in [0.25, 0.3) is 6.08 Å². The monoisotopic (exact) mass is 326 g/mol. The zero-order valence-corrected chi connectivity index (χ0v) is 12.9. The van der Waals surface area contributed by atoms with E-state index in [4.69, 9.17) is 11.6 Å². The van der Waals surface area contributed by atoms with Crippen LogP contribution < -0.4 is 0 Å². The number of hydrogen-bond acceptors (Lipinski definition) is 4. The van der Waals surface area contributed by atoms with E-state index in [0.717, 1.165) is 5.56 Å². The molecule has 0 bridgehead atoms. The van der Waals surface area contributed by atoms with Crippen molar-refractivity contribution in [2.45, 2.75) is 6.92 Å². The minimum Gasteiger partial charge on any atom is -0.288 e. The van der Waals surface area contributed by atoms with Crippen LogP contribution in [0, 0.1) is 28.4 Å². The predicted molar refractivity (Wildman–Crippen MR) is 87.2 cm³/mol. The SMILES string of the molecule is Cc1cccc(C(=O)/C(C#N)=C/c2ccc(Cl)c([N+](=O)[O-])c2)c1. The molecule has 23 heavy (non-hydrogen) atoms. The third-order valence-corrected chi connectivity index (χ3v) is 3.44. The van der Waals surface area contributed by atoms with E-state index in [9.17, 15) is 20.2 Å². The maximum atomic E-state index is 12.4. The average molecular weight is 327 g/mol. The number of carbonyl (C=O) groups is 1. The molecule has 0 saturated carbocycles. The molecule has 0 heterocycles. The van der Waals surface area contributed by atoms with Crippen LogP contribution >= 0.6 is 11.6 Å². The average Bonchev–Trinajstić information content (AvgIpc) is 2.53. The Hall–Kier alpha value is -2.97. The zero-order chi connectivity index (χ0) is 17.0. The Labute approximate surface area is 137 Å². The first-order chi connectivity index (χ1) is 10.9. The van der Waals surface area contributed by atoms with E-state index in [1.807, 2.05) is 19.1 Å². The van der Waals surface area contributed by atoms with Gasteiger partial charge in [-0.1, -0.05) is 41.4 Å². The number of nitro groups is 1. The molecular formula is C17H11ClN2O3. The number of nitrogens with zero attached hydrogens (tertiary/aromatic N) is 2. The summed E-state index contributed by atoms with van der Waals surface area (Å²) in [5, 5.41) is 20.1. The lowest BCUT2D eigenvalue weighted by atomic mass is 10.0. The van der Waals surface area contributed by atoms with E-state index in [0.29, 0.717) is 11.1 Å². The largest absolute Gasteiger partial charge is 0.288 e. The molecule has 2 rings (SSSR count). The number of allylic oxidation sites excluding steroid dienone is 1. The summed E-state index contributed by atoms with van der Waals surface area (Å²) in [6.45, 7) is 1.84. The van der Waals surface area contributed by atoms with Gasteiger partial charge in [-0.25, -0.2) is 0 Å². The number of ketones is 1. The molecular weight excluding hydrogens is 316 g/mol. The van der Waals surface area contributed by atoms with Crippen molar-refractivity contribution in [3.05, 3.63) is 79.9 Å². The Morgan fingerprint density at radius 2 is 2.04 bits per heavy atom. The molecule has 114 valence electrons. The number of rotatable bonds is 4. The van der Waals surface area contributed by atoms with Crippen molar-refractivity contribution < 1.29 is 9.72 Å². The van der Waals surface area contributed by atoms with E-state index in [2.05, 4.69) is 0 Å². The lowest BCUT2D eigenvalue weighted by Gasteiger charge is -2.02. The smallest absolute Gasteiger partial charge is 0.288 e. The van der Waals surface area contributed by atoms with Gasteiger partial charge in [-0.05, 0) is 30.7 Å². The van der Waals surface area contributed by atoms with Crippen molar-refractivity contribution in [1.82, 2.24) is 0 Å². The highest BCUT2D eigenvalue weighted by molar-refractivity contribution is 6.32. The van der Waals surface area contributed by atoms with E-state index in [1.54, 1.807) is 18.2 Å². The molecule has 0 N–H and O–H groups in total. The number of halogens is 1. The molecule has 0 aliphatic rings. The number of aryl methyl sites for hydroxylation is 1. The molecule has 0 fully saturated rings. The fourth-order valence-corrected chi connectivity index (χ4v) is 2.20. The second-order valence-corrected chi connectivity index (χ2v) is 5.24. The van der Waals surface area contributed by atoms with Gasteiger partial charge in [0.1, 0.15) is 16.7 Å². The zero-order valence-electron chi connectivity index (χ0n) is 12.1. The molecule has 2 aromatic rings. The number of Topliss-reactive ketones (excluding diaryl/α,β-unsaturated/α-hetero) is 1. The molecule has 0 spiro atoms. The second kappa shape index (κ2) is 6.86. The minimum atomic E-state index is -0.617. The maximum Gasteiger partial charge on any atom is 0.288 e. The summed E-state index contributed by atoms with van der Waals surface area (Å²) in [4.78, 5) is 22.6. The van der Waals surface area contributed by atoms with Crippen molar-refractivity contribution in [2.75, 3.05) is 0 Å². The summed E-state index contributed by atoms with van der Waals surface area (Å²) in [7, 11) is 0. The van der Waals surface area contributed by atoms with Crippen molar-refractivity contribution >= 4 is 29.1 Å². The molecule has 0 aromatic heterocycles. The van der Waals surface area contributed by atoms with Gasteiger partial charge >= 0.3 is 0 Å². The first kappa shape index (κ1) is 16.4. The van der Waals surface area contributed by atoms with Gasteiger partial charge in [0.15, 0.2) is 0 Å². The molecule has 5 nitrogen and oxygen atoms in total. The van der Waals surface area contributed by atoms with Crippen LogP contribution in [0.4, 0.5) is 5.69 Å². The van der Waals surface area contributed by atoms with Gasteiger partial charge in [0.25, 0.3) is 5.69 Å². The third-order valence-electron chi connectivity index (χ3n) is 3.12. The number of nitriles is 1. The summed E-state index contributed by atoms with van der Waals surface area (Å²) in [5.74, 6) is -0.436. The van der Waals surface area contributed by atoms with E-state index in [1.165, 1.54) is 24.3 Å². The number of nitro benzene ring substituents is 1. The van der Waals surface area contributed by atoms with Crippen LogP contribution in [0.5, 0.6) is 0 Å². The first-order valence-electron chi connectivity index (χ1n) is 6.59. The van der Waals surface area contributed by atoms with E-state index < -0.39 is 10.7 Å². The molecule has 0 atom stereocenters. The quantitative estimate of drug-likeness (QED) is 0.275. The van der Waals surface area contributed by atoms with Gasteiger partial charge in [-0.15, -0.1) is 0 Å². The number of carbonyl (C=O) groups excluding carboxylic acids is 1. The van der Waals surface area contributed by atoms with Crippen LogP contribution in [0.3, 0.4) is 0 Å². The van der Waals surface area contributed by atoms with Crippen LogP contribution in [0.2, 0.25) is 5.02 Å². The highest BCUT2D eigenvalue weighted by Gasteiger charge is 2.15. The minimum absolute atomic E-state index is 0.00401. The Kier molecular flexibility index (Phi) is 4.89. The standard InChI is InChI=1S/C17H11ClN2O3/c1-11-3-2-4-13(7-11)17(21)14(10-19)8-12-5-6-15(18)16(9-12)20(22)23/h2-9H,1H3/b14-8+. The van der Waals surface area contributed by atoms with Crippen LogP contribution in [0.1, 0.15) is 21.5 Å². The van der Waals surface area contributed by atoms with Crippen LogP contribution in [-0.4, -0.2) is 10.7 Å². The van der Waals surface area contributed by atoms with Crippen LogP contribution in [0.15, 0.2) is 48.0 Å². The summed E-state index contributed by atoms with van der Waals surface area (Å²) in [6.07, 6.45) is 1.31. The summed E-state index contributed by atoms with van der Waals surface area (Å²) >= 11 is 5.74. The summed E-state index contributed by atoms with van der Waals surface area (Å²) in [6, 6.07) is 12.8. The van der Waals surface area contributed by atoms with Crippen molar-refractivity contribution in [1.29, 1.82) is 5.26 Å². The Bertz CT molecular complexity index is 866. The van der Waals surface area contributed by atoms with Crippen molar-refractivity contribution in [3.8, 4) is 6.07 Å². The number of hydrogen-bond donors (Lipinski definition) is 0. The van der Waals surface area contributed by atoms with E-state index in [-0.39, 0.29) is 16.3 Å². The second-order valence-electron chi connectivity index (χ2n) is 4.84. The maximum absolute atomic E-state index is 12.4. The molecule has 0 radical (unpaired) electrons. The Morgan fingerprint density at radius 3 is 2.65 bits per heavy atom. The predicted octanol–water partition coefficient (Wildman–Crippen LogP) is 4.35. The van der Waals surface area contributed by atoms with Gasteiger partial charge in [0.2, 0.25) is 5.78 Å². The fourth-order valence-electron chi connectivity index (χ4n) is 2.02. The topological polar surface area (TPSA) is 84.0 Å². The van der Waals surface area contributed by atoms with E-state index >= 15 is 0 Å². The molecule has 2 aromatic carbocycles. The van der Waals surface area contributed by atoms with Gasteiger partial charge < -0.3 is 0 Å². The summed E-state index contributed by atoms with van der Waals surface area (Å²) < 4.78 is 0. The first-order valence-corrected chi connectivity index (χ1v) is 6.97. The Morgan fingerprint density at radius 1 is 1.30 bits per heavy atom. The van der Waals surface area contributed by atoms with Gasteiger partial charge in [0, 0.05) is 11.6 Å². The van der Waals surface area contributed by atoms with Gasteiger partial charge in [-0.3, -0.25) is 14.9 Å². The van der Waals surface area contributed by atoms with Gasteiger partial charge in [0.05, 0.1) is 4.92 Å². The lowest BCUT2D eigenvalue weighted by Crippen LogP contribution is -2.02. The summed E-state index contributed by atoms with van der Waals surface area (Å²) in [5.41, 5.74) is 1.27. The molecule has 0 unspecified atom stereocenters. The number of benzene rings is 2. The Balaban J connectivity index is 2.43. The fraction of sp³-hybridized carbons (Fsp3) is 0.0588. The molecule has 0 aliphatic heterocycles. The highest BCUT2D eigenvalue weighted by atomic mass is 35.5. The highest BCUT2D eigenvalue weighted by Crippen LogP contribution is 2.26. The normalized spacial score (nSPS) is 10.9. The molecule has 0 amide bonds.